The number of rotatable bonds is 8. The molecule has 0 saturated heterocycles. The van der Waals surface area contributed by atoms with Crippen LogP contribution in [0, 0.1) is 0 Å². The number of hydrogen-bond donors (Lipinski definition) is 3. The van der Waals surface area contributed by atoms with Crippen molar-refractivity contribution < 1.29 is 19.5 Å². The predicted molar refractivity (Wildman–Crippen MR) is 123 cm³/mol. The number of anilines is 2. The molecule has 0 fully saturated rings. The zero-order chi connectivity index (χ0) is 22.6. The average molecular weight is 416 g/mol. The summed E-state index contributed by atoms with van der Waals surface area (Å²) >= 11 is 0. The zero-order valence-corrected chi connectivity index (χ0v) is 17.3. The van der Waals surface area contributed by atoms with E-state index in [0.29, 0.717) is 11.4 Å². The first-order valence-corrected chi connectivity index (χ1v) is 9.57. The van der Waals surface area contributed by atoms with Gasteiger partial charge in [0.05, 0.1) is 11.1 Å². The number of amides is 2. The molecule has 0 bridgehead atoms. The molecule has 0 atom stereocenters. The molecule has 2 amide bonds. The molecule has 2 aromatic rings. The van der Waals surface area contributed by atoms with E-state index >= 15 is 0 Å². The van der Waals surface area contributed by atoms with Crippen molar-refractivity contribution in [2.24, 2.45) is 0 Å². The van der Waals surface area contributed by atoms with Crippen LogP contribution in [0.1, 0.15) is 13.8 Å². The number of para-hydroxylation sites is 2. The molecule has 0 aliphatic rings. The van der Waals surface area contributed by atoms with Gasteiger partial charge < -0.3 is 15.7 Å². The summed E-state index contributed by atoms with van der Waals surface area (Å²) < 4.78 is 0. The number of carbonyl (C=O) groups excluding carboxylic acids is 3. The highest BCUT2D eigenvalue weighted by Gasteiger charge is 2.13. The molecule has 0 heterocycles. The van der Waals surface area contributed by atoms with Gasteiger partial charge in [0.15, 0.2) is 5.78 Å². The average Bonchev–Trinajstić information content (AvgIpc) is 2.73. The van der Waals surface area contributed by atoms with Crippen molar-refractivity contribution >= 4 is 29.0 Å². The minimum absolute atomic E-state index is 0.00979. The van der Waals surface area contributed by atoms with Crippen LogP contribution >= 0.6 is 0 Å². The molecule has 3 N–H and O–H groups in total. The highest BCUT2D eigenvalue weighted by Crippen LogP contribution is 2.11. The standard InChI is InChI=1S/C25H24N2O4/c1-18(28)22(24(30)26-20-12-6-3-7-13-20)16-10-5-11-17-23(19(2)29)25(31)27-21-14-8-4-9-15-21/h3-17,28H,1-2H3,(H,26,30)(H,27,31)/b11-5?,16-10?,22-18+,23-17?. The number of aliphatic hydroxyl groups is 1. The lowest BCUT2D eigenvalue weighted by molar-refractivity contribution is -0.119. The second kappa shape index (κ2) is 11.7. The fourth-order valence-corrected chi connectivity index (χ4v) is 2.52. The molecule has 0 radical (unpaired) electrons. The van der Waals surface area contributed by atoms with Gasteiger partial charge in [-0.15, -0.1) is 0 Å². The van der Waals surface area contributed by atoms with Gasteiger partial charge in [0, 0.05) is 11.4 Å². The Morgan fingerprint density at radius 2 is 1.26 bits per heavy atom. The highest BCUT2D eigenvalue weighted by atomic mass is 16.3. The fraction of sp³-hybridized carbons (Fsp3) is 0.0800. The number of ketones is 1. The van der Waals surface area contributed by atoms with Gasteiger partial charge in [-0.1, -0.05) is 54.6 Å². The van der Waals surface area contributed by atoms with E-state index in [0.717, 1.165) is 0 Å². The second-order valence-electron chi connectivity index (χ2n) is 6.52. The summed E-state index contributed by atoms with van der Waals surface area (Å²) in [6.45, 7) is 2.72. The first-order valence-electron chi connectivity index (χ1n) is 9.57. The molecule has 158 valence electrons. The van der Waals surface area contributed by atoms with Gasteiger partial charge in [0.1, 0.15) is 5.76 Å². The van der Waals surface area contributed by atoms with Crippen molar-refractivity contribution in [1.82, 2.24) is 0 Å². The number of hydrogen-bond acceptors (Lipinski definition) is 4. The maximum Gasteiger partial charge on any atom is 0.259 e. The molecule has 0 aromatic heterocycles. The Bertz CT molecular complexity index is 1050. The summed E-state index contributed by atoms with van der Waals surface area (Å²) in [5.41, 5.74) is 1.27. The summed E-state index contributed by atoms with van der Waals surface area (Å²) in [6, 6.07) is 17.7. The minimum atomic E-state index is -0.513. The van der Waals surface area contributed by atoms with Crippen LogP contribution in [0.3, 0.4) is 0 Å². The van der Waals surface area contributed by atoms with Crippen LogP contribution in [0.5, 0.6) is 0 Å². The Balaban J connectivity index is 2.06. The van der Waals surface area contributed by atoms with Crippen LogP contribution in [-0.4, -0.2) is 22.7 Å². The van der Waals surface area contributed by atoms with Gasteiger partial charge >= 0.3 is 0 Å². The fourth-order valence-electron chi connectivity index (χ4n) is 2.52. The van der Waals surface area contributed by atoms with Crippen molar-refractivity contribution in [3.8, 4) is 0 Å². The van der Waals surface area contributed by atoms with E-state index in [1.54, 1.807) is 54.6 Å². The predicted octanol–water partition coefficient (Wildman–Crippen LogP) is 4.72. The van der Waals surface area contributed by atoms with Gasteiger partial charge in [0.2, 0.25) is 0 Å². The molecule has 6 nitrogen and oxygen atoms in total. The SMILES string of the molecule is CC(=O)C(=CC=CC=C/C(C(=O)Nc1ccccc1)=C(/C)O)C(=O)Nc1ccccc1. The first-order chi connectivity index (χ1) is 14.9. The first kappa shape index (κ1) is 23.1. The van der Waals surface area contributed by atoms with Crippen LogP contribution in [0.4, 0.5) is 11.4 Å². The van der Waals surface area contributed by atoms with E-state index in [-0.39, 0.29) is 22.7 Å². The normalized spacial score (nSPS) is 12.5. The quantitative estimate of drug-likeness (QED) is 0.191. The largest absolute Gasteiger partial charge is 0.512 e. The molecule has 6 heteroatoms. The van der Waals surface area contributed by atoms with Crippen LogP contribution in [-0.2, 0) is 14.4 Å². The number of nitrogens with one attached hydrogen (secondary N) is 2. The van der Waals surface area contributed by atoms with Gasteiger partial charge in [0.25, 0.3) is 11.8 Å². The van der Waals surface area contributed by atoms with E-state index in [2.05, 4.69) is 10.6 Å². The monoisotopic (exact) mass is 416 g/mol. The van der Waals surface area contributed by atoms with E-state index in [4.69, 9.17) is 0 Å². The van der Waals surface area contributed by atoms with Crippen molar-refractivity contribution in [3.05, 3.63) is 108 Å². The molecule has 31 heavy (non-hydrogen) atoms. The Kier molecular flexibility index (Phi) is 8.73. The second-order valence-corrected chi connectivity index (χ2v) is 6.52. The highest BCUT2D eigenvalue weighted by molar-refractivity contribution is 6.22. The van der Waals surface area contributed by atoms with Crippen LogP contribution in [0.25, 0.3) is 0 Å². The Labute approximate surface area is 181 Å². The Hall–Kier alpha value is -4.19. The maximum absolute atomic E-state index is 12.4. The number of carbonyl (C=O) groups is 3. The summed E-state index contributed by atoms with van der Waals surface area (Å²) in [7, 11) is 0. The third-order valence-corrected chi connectivity index (χ3v) is 4.07. The molecule has 2 rings (SSSR count). The van der Waals surface area contributed by atoms with Gasteiger partial charge in [-0.2, -0.15) is 0 Å². The topological polar surface area (TPSA) is 95.5 Å². The lowest BCUT2D eigenvalue weighted by Gasteiger charge is -2.06. The van der Waals surface area contributed by atoms with Crippen molar-refractivity contribution in [1.29, 1.82) is 0 Å². The van der Waals surface area contributed by atoms with E-state index in [1.807, 2.05) is 12.1 Å². The number of benzene rings is 2. The van der Waals surface area contributed by atoms with E-state index < -0.39 is 11.8 Å². The van der Waals surface area contributed by atoms with E-state index in [9.17, 15) is 19.5 Å². The van der Waals surface area contributed by atoms with Gasteiger partial charge in [-0.25, -0.2) is 0 Å². The van der Waals surface area contributed by atoms with Crippen molar-refractivity contribution in [3.63, 3.8) is 0 Å². The molecular weight excluding hydrogens is 392 g/mol. The summed E-state index contributed by atoms with van der Waals surface area (Å²) in [6.07, 6.45) is 7.43. The molecule has 0 saturated carbocycles. The zero-order valence-electron chi connectivity index (χ0n) is 17.3. The Morgan fingerprint density at radius 1 is 0.742 bits per heavy atom. The van der Waals surface area contributed by atoms with Crippen molar-refractivity contribution in [2.45, 2.75) is 13.8 Å². The molecule has 0 aliphatic heterocycles. The molecule has 2 aromatic carbocycles. The van der Waals surface area contributed by atoms with Gasteiger partial charge in [-0.05, 0) is 50.3 Å². The molecular formula is C25H24N2O4. The third-order valence-electron chi connectivity index (χ3n) is 4.07. The smallest absolute Gasteiger partial charge is 0.259 e. The number of aliphatic hydroxyl groups excluding tert-OH is 1. The van der Waals surface area contributed by atoms with Crippen LogP contribution < -0.4 is 10.6 Å². The van der Waals surface area contributed by atoms with Crippen LogP contribution in [0.15, 0.2) is 108 Å². The number of allylic oxidation sites excluding steroid dienone is 5. The molecule has 0 unspecified atom stereocenters. The maximum atomic E-state index is 12.4. The van der Waals surface area contributed by atoms with Crippen LogP contribution in [0.2, 0.25) is 0 Å². The number of Topliss-reactive ketones (excluding diaryl/α,β-unsaturated/α-hetero) is 1. The summed E-state index contributed by atoms with van der Waals surface area (Å²) in [4.78, 5) is 36.5. The Morgan fingerprint density at radius 3 is 1.74 bits per heavy atom. The summed E-state index contributed by atoms with van der Waals surface area (Å²) in [5.74, 6) is -1.49. The lowest BCUT2D eigenvalue weighted by Crippen LogP contribution is -2.18. The lowest BCUT2D eigenvalue weighted by atomic mass is 10.1. The van der Waals surface area contributed by atoms with E-state index in [1.165, 1.54) is 38.2 Å². The van der Waals surface area contributed by atoms with Crippen molar-refractivity contribution in [2.75, 3.05) is 10.6 Å². The minimum Gasteiger partial charge on any atom is -0.512 e. The van der Waals surface area contributed by atoms with Gasteiger partial charge in [-0.3, -0.25) is 14.4 Å². The molecule has 0 aliphatic carbocycles. The summed E-state index contributed by atoms with van der Waals surface area (Å²) in [5, 5.41) is 15.2. The molecule has 0 spiro atoms. The third kappa shape index (κ3) is 7.62.